The predicted octanol–water partition coefficient (Wildman–Crippen LogP) is 3.69. The highest BCUT2D eigenvalue weighted by molar-refractivity contribution is 7.12. The summed E-state index contributed by atoms with van der Waals surface area (Å²) in [5, 5.41) is 12.6. The number of nitrogens with zero attached hydrogens (tertiary/aromatic N) is 5. The first kappa shape index (κ1) is 17.4. The Morgan fingerprint density at radius 3 is 2.89 bits per heavy atom. The fourth-order valence-corrected chi connectivity index (χ4v) is 3.53. The normalized spacial score (nSPS) is 10.9. The van der Waals surface area contributed by atoms with Gasteiger partial charge in [-0.2, -0.15) is 9.36 Å². The predicted molar refractivity (Wildman–Crippen MR) is 97.2 cm³/mol. The van der Waals surface area contributed by atoms with Crippen molar-refractivity contribution in [2.24, 2.45) is 0 Å². The van der Waals surface area contributed by atoms with Crippen molar-refractivity contribution < 1.29 is 13.6 Å². The summed E-state index contributed by atoms with van der Waals surface area (Å²) in [6.07, 6.45) is 0. The number of thiophene rings is 1. The Morgan fingerprint density at radius 1 is 1.26 bits per heavy atom. The Hall–Kier alpha value is -3.05. The minimum absolute atomic E-state index is 0.0623. The van der Waals surface area contributed by atoms with Gasteiger partial charge in [-0.15, -0.1) is 16.4 Å². The van der Waals surface area contributed by atoms with Crippen LogP contribution in [-0.2, 0) is 0 Å². The average Bonchev–Trinajstić information content (AvgIpc) is 3.38. The van der Waals surface area contributed by atoms with E-state index in [0.29, 0.717) is 21.4 Å². The van der Waals surface area contributed by atoms with Crippen molar-refractivity contribution in [1.82, 2.24) is 24.4 Å². The largest absolute Gasteiger partial charge is 0.296 e. The quantitative estimate of drug-likeness (QED) is 0.561. The van der Waals surface area contributed by atoms with E-state index in [1.807, 2.05) is 0 Å². The summed E-state index contributed by atoms with van der Waals surface area (Å²) >= 11 is 2.30. The molecule has 4 rings (SSSR count). The molecule has 1 N–H and O–H groups in total. The Bertz CT molecular complexity index is 1120. The van der Waals surface area contributed by atoms with Gasteiger partial charge in [0, 0.05) is 17.6 Å². The number of carbonyl (C=O) groups is 1. The van der Waals surface area contributed by atoms with Crippen LogP contribution in [0.15, 0.2) is 35.7 Å². The molecule has 0 saturated carbocycles. The molecule has 0 spiro atoms. The van der Waals surface area contributed by atoms with Gasteiger partial charge in [0.1, 0.15) is 17.3 Å². The summed E-state index contributed by atoms with van der Waals surface area (Å²) < 4.78 is 32.8. The van der Waals surface area contributed by atoms with Crippen molar-refractivity contribution in [3.8, 4) is 17.2 Å². The minimum Gasteiger partial charge on any atom is -0.296 e. The van der Waals surface area contributed by atoms with Crippen molar-refractivity contribution in [3.05, 3.63) is 57.9 Å². The molecule has 0 bridgehead atoms. The van der Waals surface area contributed by atoms with Crippen LogP contribution in [-0.4, -0.2) is 30.3 Å². The summed E-state index contributed by atoms with van der Waals surface area (Å²) in [7, 11) is 0. The molecule has 0 aliphatic carbocycles. The molecule has 27 heavy (non-hydrogen) atoms. The molecule has 4 aromatic rings. The molecule has 0 atom stereocenters. The molecule has 3 heterocycles. The number of hydrogen-bond acceptors (Lipinski definition) is 7. The van der Waals surface area contributed by atoms with Crippen molar-refractivity contribution in [1.29, 1.82) is 0 Å². The molecule has 0 radical (unpaired) electrons. The third-order valence-corrected chi connectivity index (χ3v) is 5.13. The molecule has 0 unspecified atom stereocenters. The van der Waals surface area contributed by atoms with Crippen molar-refractivity contribution in [2.45, 2.75) is 6.92 Å². The van der Waals surface area contributed by atoms with Gasteiger partial charge in [0.25, 0.3) is 5.91 Å². The molecule has 1 amide bonds. The number of nitrogens with one attached hydrogen (secondary N) is 1. The molecule has 0 aliphatic rings. The number of anilines is 1. The first-order chi connectivity index (χ1) is 13.0. The molecule has 11 heteroatoms. The number of aromatic nitrogens is 5. The van der Waals surface area contributed by atoms with E-state index in [0.717, 1.165) is 29.7 Å². The number of carbonyl (C=O) groups excluding carboxylic acids is 1. The van der Waals surface area contributed by atoms with E-state index in [1.54, 1.807) is 24.4 Å². The summed E-state index contributed by atoms with van der Waals surface area (Å²) in [5.41, 5.74) is 0.688. The van der Waals surface area contributed by atoms with Gasteiger partial charge in [-0.25, -0.2) is 13.5 Å². The molecular weight excluding hydrogens is 394 g/mol. The summed E-state index contributed by atoms with van der Waals surface area (Å²) in [6.45, 7) is 1.64. The summed E-state index contributed by atoms with van der Waals surface area (Å²) in [4.78, 5) is 16.9. The minimum atomic E-state index is -0.633. The van der Waals surface area contributed by atoms with Crippen LogP contribution in [0.25, 0.3) is 17.2 Å². The van der Waals surface area contributed by atoms with Gasteiger partial charge in [0.2, 0.25) is 5.13 Å². The smallest absolute Gasteiger partial charge is 0.267 e. The maximum atomic E-state index is 14.0. The number of rotatable bonds is 4. The van der Waals surface area contributed by atoms with E-state index in [9.17, 15) is 13.6 Å². The van der Waals surface area contributed by atoms with Gasteiger partial charge in [0.05, 0.1) is 10.6 Å². The Balaban J connectivity index is 1.62. The fraction of sp³-hybridized carbons (Fsp3) is 0.0625. The van der Waals surface area contributed by atoms with Crippen LogP contribution in [0.2, 0.25) is 0 Å². The van der Waals surface area contributed by atoms with E-state index in [4.69, 9.17) is 0 Å². The number of halogens is 2. The van der Waals surface area contributed by atoms with E-state index in [-0.39, 0.29) is 17.4 Å². The van der Waals surface area contributed by atoms with E-state index in [2.05, 4.69) is 25.0 Å². The van der Waals surface area contributed by atoms with Crippen LogP contribution >= 0.6 is 22.9 Å². The second-order valence-electron chi connectivity index (χ2n) is 5.39. The third-order valence-electron chi connectivity index (χ3n) is 3.63. The summed E-state index contributed by atoms with van der Waals surface area (Å²) in [5.74, 6) is -1.27. The van der Waals surface area contributed by atoms with Crippen LogP contribution in [0.3, 0.4) is 0 Å². The van der Waals surface area contributed by atoms with E-state index >= 15 is 0 Å². The first-order valence-electron chi connectivity index (χ1n) is 7.59. The highest BCUT2D eigenvalue weighted by atomic mass is 32.1. The van der Waals surface area contributed by atoms with Gasteiger partial charge in [-0.1, -0.05) is 11.3 Å². The molecule has 1 aromatic carbocycles. The Kier molecular flexibility index (Phi) is 4.46. The lowest BCUT2D eigenvalue weighted by atomic mass is 10.2. The molecule has 136 valence electrons. The van der Waals surface area contributed by atoms with E-state index in [1.165, 1.54) is 16.0 Å². The van der Waals surface area contributed by atoms with Crippen LogP contribution in [0, 0.1) is 18.6 Å². The molecule has 0 aliphatic heterocycles. The standard InChI is InChI=1S/C16H10F2N6OS2/c1-8-13(21-23-24(8)11-7-9(17)4-5-10(11)18)14-19-16(27-22-14)20-15(25)12-3-2-6-26-12/h2-7H,1H3,(H,19,20,22,25). The highest BCUT2D eigenvalue weighted by Crippen LogP contribution is 2.25. The first-order valence-corrected chi connectivity index (χ1v) is 9.25. The van der Waals surface area contributed by atoms with Gasteiger partial charge in [0.15, 0.2) is 11.5 Å². The van der Waals surface area contributed by atoms with Gasteiger partial charge in [-0.05, 0) is 30.5 Å². The average molecular weight is 404 g/mol. The van der Waals surface area contributed by atoms with Crippen molar-refractivity contribution in [2.75, 3.05) is 5.32 Å². The van der Waals surface area contributed by atoms with Gasteiger partial charge < -0.3 is 0 Å². The van der Waals surface area contributed by atoms with Crippen LogP contribution in [0.4, 0.5) is 13.9 Å². The Labute approximate surface area is 159 Å². The Morgan fingerprint density at radius 2 is 2.11 bits per heavy atom. The molecule has 7 nitrogen and oxygen atoms in total. The lowest BCUT2D eigenvalue weighted by Gasteiger charge is -2.04. The van der Waals surface area contributed by atoms with Crippen LogP contribution in [0.1, 0.15) is 15.4 Å². The maximum absolute atomic E-state index is 14.0. The van der Waals surface area contributed by atoms with E-state index < -0.39 is 11.6 Å². The van der Waals surface area contributed by atoms with Crippen LogP contribution < -0.4 is 5.32 Å². The molecular formula is C16H10F2N6OS2. The zero-order valence-corrected chi connectivity index (χ0v) is 15.3. The fourth-order valence-electron chi connectivity index (χ4n) is 2.35. The third kappa shape index (κ3) is 3.34. The molecule has 0 fully saturated rings. The highest BCUT2D eigenvalue weighted by Gasteiger charge is 2.19. The zero-order chi connectivity index (χ0) is 19.0. The maximum Gasteiger partial charge on any atom is 0.267 e. The monoisotopic (exact) mass is 404 g/mol. The van der Waals surface area contributed by atoms with Crippen molar-refractivity contribution >= 4 is 33.9 Å². The summed E-state index contributed by atoms with van der Waals surface area (Å²) in [6, 6.07) is 6.55. The number of amides is 1. The SMILES string of the molecule is Cc1c(-c2nsc(NC(=O)c3cccs3)n2)nnn1-c1cc(F)ccc1F. The molecule has 0 saturated heterocycles. The topological polar surface area (TPSA) is 85.6 Å². The number of hydrogen-bond donors (Lipinski definition) is 1. The molecule has 3 aromatic heterocycles. The second kappa shape index (κ2) is 6.93. The van der Waals surface area contributed by atoms with Gasteiger partial charge in [-0.3, -0.25) is 10.1 Å². The lowest BCUT2D eigenvalue weighted by Crippen LogP contribution is -2.09. The van der Waals surface area contributed by atoms with Gasteiger partial charge >= 0.3 is 0 Å². The second-order valence-corrected chi connectivity index (χ2v) is 7.09. The van der Waals surface area contributed by atoms with Crippen molar-refractivity contribution in [3.63, 3.8) is 0 Å². The van der Waals surface area contributed by atoms with Crippen LogP contribution in [0.5, 0.6) is 0 Å². The number of benzene rings is 1. The zero-order valence-electron chi connectivity index (χ0n) is 13.7. The lowest BCUT2D eigenvalue weighted by molar-refractivity contribution is 0.103.